The fraction of sp³-hybridized carbons (Fsp3) is 0.692. The molecule has 1 saturated heterocycles. The average Bonchev–Trinajstić information content (AvgIpc) is 3.09. The molecule has 0 spiro atoms. The number of hydrogen-bond acceptors (Lipinski definition) is 5. The van der Waals surface area contributed by atoms with Gasteiger partial charge in [-0.1, -0.05) is 0 Å². The second-order valence-electron chi connectivity index (χ2n) is 5.28. The van der Waals surface area contributed by atoms with Gasteiger partial charge in [0.15, 0.2) is 0 Å². The number of rotatable bonds is 2. The van der Waals surface area contributed by atoms with Crippen molar-refractivity contribution >= 4 is 17.2 Å². The summed E-state index contributed by atoms with van der Waals surface area (Å²) in [4.78, 5) is 18.7. The molecule has 2 heterocycles. The number of nitrogens with zero attached hydrogens (tertiary/aromatic N) is 2. The number of morpholine rings is 1. The molecule has 1 aromatic rings. The predicted octanol–water partition coefficient (Wildman–Crippen LogP) is 1.17. The smallest absolute Gasteiger partial charge is 0.225 e. The molecular weight excluding hydrogens is 262 g/mol. The molecule has 0 radical (unpaired) electrons. The maximum atomic E-state index is 12.5. The Morgan fingerprint density at radius 3 is 3.11 bits per heavy atom. The van der Waals surface area contributed by atoms with Crippen molar-refractivity contribution in [3.8, 4) is 0 Å². The second-order valence-corrected chi connectivity index (χ2v) is 6.21. The largest absolute Gasteiger partial charge is 0.367 e. The third-order valence-electron chi connectivity index (χ3n) is 3.93. The summed E-state index contributed by atoms with van der Waals surface area (Å²) in [7, 11) is 0. The van der Waals surface area contributed by atoms with Crippen LogP contribution in [0.3, 0.4) is 0 Å². The Hall–Kier alpha value is -0.980. The van der Waals surface area contributed by atoms with Crippen LogP contribution in [0, 0.1) is 5.92 Å². The Bertz CT molecular complexity index is 437. The van der Waals surface area contributed by atoms with Crippen LogP contribution in [0.2, 0.25) is 0 Å². The van der Waals surface area contributed by atoms with Gasteiger partial charge in [-0.25, -0.2) is 4.98 Å². The molecule has 2 aliphatic rings. The molecule has 1 aliphatic carbocycles. The van der Waals surface area contributed by atoms with Crippen LogP contribution in [0.1, 0.15) is 30.4 Å². The van der Waals surface area contributed by atoms with Crippen molar-refractivity contribution in [1.29, 1.82) is 0 Å². The number of aromatic nitrogens is 1. The minimum Gasteiger partial charge on any atom is -0.367 e. The lowest BCUT2D eigenvalue weighted by Gasteiger charge is -2.33. The zero-order valence-corrected chi connectivity index (χ0v) is 11.6. The van der Waals surface area contributed by atoms with Gasteiger partial charge in [-0.15, -0.1) is 11.3 Å². The lowest BCUT2D eigenvalue weighted by Crippen LogP contribution is -2.44. The summed E-state index contributed by atoms with van der Waals surface area (Å²) in [6.07, 6.45) is 4.45. The van der Waals surface area contributed by atoms with Gasteiger partial charge in [0.25, 0.3) is 0 Å². The Kier molecular flexibility index (Phi) is 3.81. The van der Waals surface area contributed by atoms with E-state index < -0.39 is 0 Å². The third kappa shape index (κ3) is 2.80. The number of amides is 1. The molecule has 2 fully saturated rings. The van der Waals surface area contributed by atoms with Crippen LogP contribution in [-0.2, 0) is 9.53 Å². The summed E-state index contributed by atoms with van der Waals surface area (Å²) in [6.45, 7) is 1.90. The van der Waals surface area contributed by atoms with E-state index >= 15 is 0 Å². The Balaban J connectivity index is 1.63. The van der Waals surface area contributed by atoms with Crippen molar-refractivity contribution in [2.75, 3.05) is 19.7 Å². The van der Waals surface area contributed by atoms with Crippen molar-refractivity contribution < 1.29 is 9.53 Å². The highest BCUT2D eigenvalue weighted by atomic mass is 32.1. The topological polar surface area (TPSA) is 68.5 Å². The van der Waals surface area contributed by atoms with Crippen molar-refractivity contribution in [2.24, 2.45) is 11.7 Å². The molecule has 6 heteroatoms. The van der Waals surface area contributed by atoms with Crippen LogP contribution in [0.4, 0.5) is 0 Å². The molecule has 1 aliphatic heterocycles. The lowest BCUT2D eigenvalue weighted by atomic mass is 10.1. The van der Waals surface area contributed by atoms with Gasteiger partial charge in [0.05, 0.1) is 13.2 Å². The molecular formula is C13H19N3O2S. The van der Waals surface area contributed by atoms with Gasteiger partial charge in [-0.05, 0) is 19.3 Å². The molecule has 3 rings (SSSR count). The van der Waals surface area contributed by atoms with Crippen molar-refractivity contribution in [3.05, 3.63) is 16.6 Å². The van der Waals surface area contributed by atoms with Crippen molar-refractivity contribution in [2.45, 2.75) is 31.4 Å². The van der Waals surface area contributed by atoms with Crippen LogP contribution in [0.15, 0.2) is 11.6 Å². The van der Waals surface area contributed by atoms with Crippen LogP contribution in [-0.4, -0.2) is 41.5 Å². The minimum absolute atomic E-state index is 0.0622. The van der Waals surface area contributed by atoms with E-state index in [1.54, 1.807) is 17.5 Å². The standard InChI is InChI=1S/C13H19N3O2S/c14-10-2-1-9(7-10)13(17)16-4-5-18-11(8-16)12-15-3-6-19-12/h3,6,9-11H,1-2,4-5,7-8,14H2/t9-,10+,11-/m0/s1. The Labute approximate surface area is 116 Å². The molecule has 0 unspecified atom stereocenters. The van der Waals surface area contributed by atoms with Gasteiger partial charge in [0, 0.05) is 30.1 Å². The SMILES string of the molecule is N[C@@H]1CC[C@H](C(=O)N2CCO[C@H](c3nccs3)C2)C1. The average molecular weight is 281 g/mol. The molecule has 3 atom stereocenters. The summed E-state index contributed by atoms with van der Waals surface area (Å²) >= 11 is 1.58. The predicted molar refractivity (Wildman–Crippen MR) is 72.7 cm³/mol. The van der Waals surface area contributed by atoms with E-state index in [1.807, 2.05) is 10.3 Å². The number of carbonyl (C=O) groups excluding carboxylic acids is 1. The quantitative estimate of drug-likeness (QED) is 0.883. The molecule has 1 amide bonds. The first kappa shape index (κ1) is 13.0. The van der Waals surface area contributed by atoms with Crippen molar-refractivity contribution in [1.82, 2.24) is 9.88 Å². The van der Waals surface area contributed by atoms with E-state index in [1.165, 1.54) is 0 Å². The number of ether oxygens (including phenoxy) is 1. The molecule has 104 valence electrons. The fourth-order valence-electron chi connectivity index (χ4n) is 2.89. The van der Waals surface area contributed by atoms with Gasteiger partial charge in [-0.3, -0.25) is 4.79 Å². The Morgan fingerprint density at radius 1 is 1.53 bits per heavy atom. The fourth-order valence-corrected chi connectivity index (χ4v) is 3.57. The summed E-state index contributed by atoms with van der Waals surface area (Å²) < 4.78 is 5.72. The van der Waals surface area contributed by atoms with E-state index in [4.69, 9.17) is 10.5 Å². The van der Waals surface area contributed by atoms with Gasteiger partial charge in [0.1, 0.15) is 11.1 Å². The lowest BCUT2D eigenvalue weighted by molar-refractivity contribution is -0.143. The van der Waals surface area contributed by atoms with Gasteiger partial charge >= 0.3 is 0 Å². The zero-order chi connectivity index (χ0) is 13.2. The maximum absolute atomic E-state index is 12.5. The first-order valence-corrected chi connectivity index (χ1v) is 7.67. The molecule has 1 aromatic heterocycles. The maximum Gasteiger partial charge on any atom is 0.225 e. The van der Waals surface area contributed by atoms with Crippen LogP contribution >= 0.6 is 11.3 Å². The van der Waals surface area contributed by atoms with Gasteiger partial charge in [0.2, 0.25) is 5.91 Å². The van der Waals surface area contributed by atoms with Gasteiger partial charge < -0.3 is 15.4 Å². The van der Waals surface area contributed by atoms with E-state index in [-0.39, 0.29) is 24.0 Å². The first-order chi connectivity index (χ1) is 9.24. The molecule has 0 bridgehead atoms. The van der Waals surface area contributed by atoms with Crippen LogP contribution in [0.25, 0.3) is 0 Å². The van der Waals surface area contributed by atoms with Crippen molar-refractivity contribution in [3.63, 3.8) is 0 Å². The summed E-state index contributed by atoms with van der Waals surface area (Å²) in [5.41, 5.74) is 5.89. The molecule has 2 N–H and O–H groups in total. The normalized spacial score (nSPS) is 31.6. The van der Waals surface area contributed by atoms with E-state index in [9.17, 15) is 4.79 Å². The highest BCUT2D eigenvalue weighted by molar-refractivity contribution is 7.09. The summed E-state index contributed by atoms with van der Waals surface area (Å²) in [6, 6.07) is 0.199. The zero-order valence-electron chi connectivity index (χ0n) is 10.8. The van der Waals surface area contributed by atoms with E-state index in [2.05, 4.69) is 4.98 Å². The molecule has 1 saturated carbocycles. The van der Waals surface area contributed by atoms with E-state index in [0.717, 1.165) is 24.3 Å². The second kappa shape index (κ2) is 5.56. The molecule has 0 aromatic carbocycles. The summed E-state index contributed by atoms with van der Waals surface area (Å²) in [5, 5.41) is 2.90. The van der Waals surface area contributed by atoms with Gasteiger partial charge in [-0.2, -0.15) is 0 Å². The minimum atomic E-state index is -0.0622. The number of thiazole rings is 1. The number of nitrogens with two attached hydrogens (primary N) is 1. The van der Waals surface area contributed by atoms with Crippen LogP contribution < -0.4 is 5.73 Å². The number of hydrogen-bond donors (Lipinski definition) is 1. The monoisotopic (exact) mass is 281 g/mol. The molecule has 19 heavy (non-hydrogen) atoms. The highest BCUT2D eigenvalue weighted by Gasteiger charge is 2.34. The summed E-state index contributed by atoms with van der Waals surface area (Å²) in [5.74, 6) is 0.364. The Morgan fingerprint density at radius 2 is 2.42 bits per heavy atom. The van der Waals surface area contributed by atoms with Crippen LogP contribution in [0.5, 0.6) is 0 Å². The van der Waals surface area contributed by atoms with E-state index in [0.29, 0.717) is 19.7 Å². The highest BCUT2D eigenvalue weighted by Crippen LogP contribution is 2.29. The first-order valence-electron chi connectivity index (χ1n) is 6.79. The number of carbonyl (C=O) groups is 1. The third-order valence-corrected chi connectivity index (χ3v) is 4.80. The molecule has 5 nitrogen and oxygen atoms in total.